The van der Waals surface area contributed by atoms with Crippen molar-refractivity contribution in [2.45, 2.75) is 33.1 Å². The van der Waals surface area contributed by atoms with E-state index < -0.39 is 11.9 Å². The molecular weight excluding hydrogens is 207 g/mol. The molecule has 0 fully saturated rings. The number of halogens is 1. The Morgan fingerprint density at radius 1 is 1.31 bits per heavy atom. The van der Waals surface area contributed by atoms with Crippen LogP contribution < -0.4 is 0 Å². The zero-order valence-electron chi connectivity index (χ0n) is 9.83. The summed E-state index contributed by atoms with van der Waals surface area (Å²) in [4.78, 5) is 11.2. The van der Waals surface area contributed by atoms with Gasteiger partial charge in [0.25, 0.3) is 0 Å². The highest BCUT2D eigenvalue weighted by atomic mass is 19.1. The summed E-state index contributed by atoms with van der Waals surface area (Å²) in [5, 5.41) is 9.17. The fourth-order valence-electron chi connectivity index (χ4n) is 1.66. The molecule has 16 heavy (non-hydrogen) atoms. The molecule has 1 aromatic rings. The van der Waals surface area contributed by atoms with Crippen molar-refractivity contribution in [3.8, 4) is 0 Å². The first kappa shape index (κ1) is 12.7. The fraction of sp³-hybridized carbons (Fsp3) is 0.462. The van der Waals surface area contributed by atoms with Crippen molar-refractivity contribution in [2.75, 3.05) is 0 Å². The van der Waals surface area contributed by atoms with E-state index in [-0.39, 0.29) is 11.2 Å². The Kier molecular flexibility index (Phi) is 3.68. The molecule has 0 aliphatic rings. The second-order valence-corrected chi connectivity index (χ2v) is 5.21. The van der Waals surface area contributed by atoms with E-state index in [1.54, 1.807) is 12.1 Å². The summed E-state index contributed by atoms with van der Waals surface area (Å²) in [5.74, 6) is -1.77. The third kappa shape index (κ3) is 3.65. The van der Waals surface area contributed by atoms with Crippen molar-refractivity contribution in [3.63, 3.8) is 0 Å². The monoisotopic (exact) mass is 224 g/mol. The van der Waals surface area contributed by atoms with E-state index in [0.29, 0.717) is 12.0 Å². The molecule has 1 aromatic carbocycles. The summed E-state index contributed by atoms with van der Waals surface area (Å²) in [6, 6.07) is 5.68. The number of carbonyl (C=O) groups is 1. The van der Waals surface area contributed by atoms with Crippen molar-refractivity contribution in [2.24, 2.45) is 5.41 Å². The Morgan fingerprint density at radius 3 is 2.19 bits per heavy atom. The summed E-state index contributed by atoms with van der Waals surface area (Å²) in [5.41, 5.74) is 0.584. The zero-order valence-corrected chi connectivity index (χ0v) is 9.83. The average Bonchev–Trinajstić information content (AvgIpc) is 2.14. The molecule has 1 atom stereocenters. The van der Waals surface area contributed by atoms with E-state index in [4.69, 9.17) is 5.11 Å². The van der Waals surface area contributed by atoms with E-state index in [1.807, 2.05) is 20.8 Å². The van der Waals surface area contributed by atoms with Crippen molar-refractivity contribution >= 4 is 5.97 Å². The highest BCUT2D eigenvalue weighted by Gasteiger charge is 2.25. The minimum atomic E-state index is -0.860. The maximum absolute atomic E-state index is 12.7. The Hall–Kier alpha value is -1.38. The van der Waals surface area contributed by atoms with Crippen LogP contribution in [0.1, 0.15) is 38.7 Å². The van der Waals surface area contributed by atoms with E-state index in [0.717, 1.165) is 0 Å². The van der Waals surface area contributed by atoms with Crippen LogP contribution in [-0.2, 0) is 4.79 Å². The molecule has 1 unspecified atom stereocenters. The molecule has 1 rings (SSSR count). The Bertz CT molecular complexity index is 363. The molecule has 0 bridgehead atoms. The van der Waals surface area contributed by atoms with Gasteiger partial charge in [-0.25, -0.2) is 4.39 Å². The van der Waals surface area contributed by atoms with Crippen LogP contribution in [0.3, 0.4) is 0 Å². The molecule has 0 heterocycles. The molecule has 88 valence electrons. The first-order valence-corrected chi connectivity index (χ1v) is 5.28. The molecule has 0 aliphatic carbocycles. The lowest BCUT2D eigenvalue weighted by molar-refractivity contribution is -0.139. The van der Waals surface area contributed by atoms with Gasteiger partial charge in [-0.1, -0.05) is 32.9 Å². The van der Waals surface area contributed by atoms with Gasteiger partial charge in [-0.15, -0.1) is 0 Å². The standard InChI is InChI=1S/C13H17FO2/c1-13(2,3)8-11(12(15)16)9-4-6-10(14)7-5-9/h4-7,11H,8H2,1-3H3,(H,15,16). The number of carboxylic acid groups (broad SMARTS) is 1. The number of hydrogen-bond acceptors (Lipinski definition) is 1. The van der Waals surface area contributed by atoms with E-state index in [2.05, 4.69) is 0 Å². The van der Waals surface area contributed by atoms with Crippen LogP contribution in [0.5, 0.6) is 0 Å². The van der Waals surface area contributed by atoms with Gasteiger partial charge in [0.2, 0.25) is 0 Å². The highest BCUT2D eigenvalue weighted by molar-refractivity contribution is 5.76. The number of aliphatic carboxylic acids is 1. The van der Waals surface area contributed by atoms with Crippen LogP contribution >= 0.6 is 0 Å². The van der Waals surface area contributed by atoms with Gasteiger partial charge < -0.3 is 5.11 Å². The molecule has 0 saturated carbocycles. The third-order valence-electron chi connectivity index (χ3n) is 2.39. The maximum atomic E-state index is 12.7. The van der Waals surface area contributed by atoms with Gasteiger partial charge in [0.05, 0.1) is 5.92 Å². The van der Waals surface area contributed by atoms with Gasteiger partial charge in [0.15, 0.2) is 0 Å². The molecule has 0 aliphatic heterocycles. The third-order valence-corrected chi connectivity index (χ3v) is 2.39. The highest BCUT2D eigenvalue weighted by Crippen LogP contribution is 2.31. The minimum Gasteiger partial charge on any atom is -0.481 e. The van der Waals surface area contributed by atoms with E-state index in [1.165, 1.54) is 12.1 Å². The van der Waals surface area contributed by atoms with Crippen LogP contribution in [0.2, 0.25) is 0 Å². The molecule has 3 heteroatoms. The minimum absolute atomic E-state index is 0.0720. The number of rotatable bonds is 3. The molecule has 2 nitrogen and oxygen atoms in total. The molecule has 0 aromatic heterocycles. The average molecular weight is 224 g/mol. The Balaban J connectivity index is 2.94. The number of hydrogen-bond donors (Lipinski definition) is 1. The van der Waals surface area contributed by atoms with Crippen molar-refractivity contribution in [1.29, 1.82) is 0 Å². The van der Waals surface area contributed by atoms with Crippen LogP contribution in [0, 0.1) is 11.2 Å². The summed E-state index contributed by atoms with van der Waals surface area (Å²) in [6.07, 6.45) is 0.536. The quantitative estimate of drug-likeness (QED) is 0.854. The lowest BCUT2D eigenvalue weighted by Gasteiger charge is -2.23. The second kappa shape index (κ2) is 4.64. The summed E-state index contributed by atoms with van der Waals surface area (Å²) in [6.45, 7) is 5.98. The molecular formula is C13H17FO2. The lowest BCUT2D eigenvalue weighted by Crippen LogP contribution is -2.19. The summed E-state index contributed by atoms with van der Waals surface area (Å²) >= 11 is 0. The van der Waals surface area contributed by atoms with Crippen LogP contribution in [0.4, 0.5) is 4.39 Å². The molecule has 0 spiro atoms. The van der Waals surface area contributed by atoms with Crippen LogP contribution in [0.25, 0.3) is 0 Å². The van der Waals surface area contributed by atoms with Gasteiger partial charge in [-0.05, 0) is 29.5 Å². The molecule has 0 saturated heterocycles. The Morgan fingerprint density at radius 2 is 1.81 bits per heavy atom. The maximum Gasteiger partial charge on any atom is 0.310 e. The van der Waals surface area contributed by atoms with Crippen LogP contribution in [-0.4, -0.2) is 11.1 Å². The lowest BCUT2D eigenvalue weighted by atomic mass is 9.81. The van der Waals surface area contributed by atoms with Crippen molar-refractivity contribution in [3.05, 3.63) is 35.6 Å². The van der Waals surface area contributed by atoms with Gasteiger partial charge in [-0.2, -0.15) is 0 Å². The topological polar surface area (TPSA) is 37.3 Å². The predicted molar refractivity (Wildman–Crippen MR) is 60.8 cm³/mol. The molecule has 0 amide bonds. The Labute approximate surface area is 95.1 Å². The summed E-state index contributed by atoms with van der Waals surface area (Å²) in [7, 11) is 0. The van der Waals surface area contributed by atoms with Gasteiger partial charge in [0.1, 0.15) is 5.82 Å². The van der Waals surface area contributed by atoms with Gasteiger partial charge in [-0.3, -0.25) is 4.79 Å². The SMILES string of the molecule is CC(C)(C)CC(C(=O)O)c1ccc(F)cc1. The first-order chi connectivity index (χ1) is 7.29. The van der Waals surface area contributed by atoms with Crippen molar-refractivity contribution < 1.29 is 14.3 Å². The molecule has 1 N–H and O–H groups in total. The van der Waals surface area contributed by atoms with Crippen molar-refractivity contribution in [1.82, 2.24) is 0 Å². The first-order valence-electron chi connectivity index (χ1n) is 5.28. The summed E-state index contributed by atoms with van der Waals surface area (Å²) < 4.78 is 12.7. The van der Waals surface area contributed by atoms with Gasteiger partial charge in [0, 0.05) is 0 Å². The number of benzene rings is 1. The zero-order chi connectivity index (χ0) is 12.3. The normalized spacial score (nSPS) is 13.5. The second-order valence-electron chi connectivity index (χ2n) is 5.21. The molecule has 0 radical (unpaired) electrons. The smallest absolute Gasteiger partial charge is 0.310 e. The number of carboxylic acids is 1. The predicted octanol–water partition coefficient (Wildman–Crippen LogP) is 3.43. The van der Waals surface area contributed by atoms with E-state index in [9.17, 15) is 9.18 Å². The van der Waals surface area contributed by atoms with Gasteiger partial charge >= 0.3 is 5.97 Å². The largest absolute Gasteiger partial charge is 0.481 e. The van der Waals surface area contributed by atoms with E-state index >= 15 is 0 Å². The fourth-order valence-corrected chi connectivity index (χ4v) is 1.66. The van der Waals surface area contributed by atoms with Crippen LogP contribution in [0.15, 0.2) is 24.3 Å².